The van der Waals surface area contributed by atoms with Crippen LogP contribution >= 0.6 is 15.9 Å². The molecule has 0 amide bonds. The molecule has 1 aromatic heterocycles. The van der Waals surface area contributed by atoms with Crippen LogP contribution in [-0.2, 0) is 17.1 Å². The molecule has 0 atom stereocenters. The molecule has 0 radical (unpaired) electrons. The zero-order valence-corrected chi connectivity index (χ0v) is 11.9. The van der Waals surface area contributed by atoms with Crippen molar-refractivity contribution in [3.05, 3.63) is 28.6 Å². The Kier molecular flexibility index (Phi) is 3.45. The maximum absolute atomic E-state index is 12.8. The van der Waals surface area contributed by atoms with E-state index in [0.29, 0.717) is 0 Å². The van der Waals surface area contributed by atoms with Crippen molar-refractivity contribution in [1.29, 1.82) is 0 Å². The van der Waals surface area contributed by atoms with Gasteiger partial charge in [0.05, 0.1) is 5.69 Å². The molecule has 2 rings (SSSR count). The molecule has 0 aliphatic carbocycles. The molecular formula is C9H8BrFN4O3S. The van der Waals surface area contributed by atoms with Crippen molar-refractivity contribution in [2.45, 2.75) is 5.03 Å². The molecule has 0 spiro atoms. The summed E-state index contributed by atoms with van der Waals surface area (Å²) in [5.74, 6) is -1.20. The third-order valence-electron chi connectivity index (χ3n) is 2.20. The lowest BCUT2D eigenvalue weighted by molar-refractivity contribution is 0.471. The number of rotatable bonds is 3. The minimum absolute atomic E-state index is 0.0316. The summed E-state index contributed by atoms with van der Waals surface area (Å²) < 4.78 is 40.2. The zero-order valence-electron chi connectivity index (χ0n) is 9.50. The molecule has 1 aromatic carbocycles. The number of nitrogens with zero attached hydrogens (tertiary/aromatic N) is 3. The third-order valence-corrected chi connectivity index (χ3v) is 4.45. The van der Waals surface area contributed by atoms with E-state index in [1.807, 2.05) is 0 Å². The second-order valence-electron chi connectivity index (χ2n) is 3.58. The number of sulfonamides is 1. The van der Waals surface area contributed by atoms with E-state index < -0.39 is 21.6 Å². The lowest BCUT2D eigenvalue weighted by Gasteiger charge is -2.09. The van der Waals surface area contributed by atoms with E-state index in [0.717, 1.165) is 22.9 Å². The predicted molar refractivity (Wildman–Crippen MR) is 67.6 cm³/mol. The number of aromatic hydroxyl groups is 1. The molecule has 2 N–H and O–H groups in total. The quantitative estimate of drug-likeness (QED) is 0.811. The summed E-state index contributed by atoms with van der Waals surface area (Å²) in [4.78, 5) is 0. The monoisotopic (exact) mass is 350 g/mol. The van der Waals surface area contributed by atoms with Crippen molar-refractivity contribution in [2.24, 2.45) is 7.05 Å². The molecule has 0 aliphatic rings. The Bertz CT molecular complexity index is 712. The van der Waals surface area contributed by atoms with Crippen LogP contribution in [0.4, 0.5) is 10.1 Å². The van der Waals surface area contributed by atoms with Gasteiger partial charge in [0.15, 0.2) is 4.60 Å². The number of aryl methyl sites for hydroxylation is 1. The molecular weight excluding hydrogens is 343 g/mol. The highest BCUT2D eigenvalue weighted by Gasteiger charge is 2.24. The Hall–Kier alpha value is -1.68. The number of hydrogen-bond acceptors (Lipinski definition) is 5. The average molecular weight is 351 g/mol. The van der Waals surface area contributed by atoms with E-state index in [2.05, 4.69) is 31.0 Å². The first kappa shape index (κ1) is 13.7. The van der Waals surface area contributed by atoms with Crippen LogP contribution in [0.15, 0.2) is 27.8 Å². The lowest BCUT2D eigenvalue weighted by Crippen LogP contribution is -2.17. The second kappa shape index (κ2) is 4.78. The number of benzene rings is 1. The summed E-state index contributed by atoms with van der Waals surface area (Å²) in [5, 5.41) is 16.3. The highest BCUT2D eigenvalue weighted by molar-refractivity contribution is 9.10. The first-order chi connectivity index (χ1) is 8.81. The fourth-order valence-electron chi connectivity index (χ4n) is 1.39. The zero-order chi connectivity index (χ0) is 14.2. The number of hydrogen-bond donors (Lipinski definition) is 2. The molecule has 0 fully saturated rings. The van der Waals surface area contributed by atoms with E-state index in [-0.39, 0.29) is 15.3 Å². The van der Waals surface area contributed by atoms with Crippen LogP contribution < -0.4 is 4.72 Å². The summed E-state index contributed by atoms with van der Waals surface area (Å²) >= 11 is 2.96. The van der Waals surface area contributed by atoms with Crippen LogP contribution in [0.25, 0.3) is 0 Å². The molecule has 1 heterocycles. The Morgan fingerprint density at radius 3 is 2.68 bits per heavy atom. The minimum Gasteiger partial charge on any atom is -0.506 e. The van der Waals surface area contributed by atoms with Gasteiger partial charge in [-0.2, -0.15) is 8.42 Å². The Balaban J connectivity index is 2.42. The van der Waals surface area contributed by atoms with Crippen molar-refractivity contribution >= 4 is 31.6 Å². The smallest absolute Gasteiger partial charge is 0.282 e. The molecule has 0 bridgehead atoms. The number of aromatic nitrogens is 3. The van der Waals surface area contributed by atoms with Crippen molar-refractivity contribution in [3.8, 4) is 5.75 Å². The molecule has 0 saturated carbocycles. The second-order valence-corrected chi connectivity index (χ2v) is 5.92. The van der Waals surface area contributed by atoms with Gasteiger partial charge in [0.2, 0.25) is 5.03 Å². The van der Waals surface area contributed by atoms with Crippen molar-refractivity contribution in [3.63, 3.8) is 0 Å². The fourth-order valence-corrected chi connectivity index (χ4v) is 3.56. The van der Waals surface area contributed by atoms with E-state index in [1.165, 1.54) is 7.05 Å². The van der Waals surface area contributed by atoms with E-state index in [9.17, 15) is 17.9 Å². The van der Waals surface area contributed by atoms with Crippen LogP contribution in [0.3, 0.4) is 0 Å². The molecule has 0 saturated heterocycles. The van der Waals surface area contributed by atoms with Crippen molar-refractivity contribution in [2.75, 3.05) is 4.72 Å². The maximum atomic E-state index is 12.8. The highest BCUT2D eigenvalue weighted by Crippen LogP contribution is 2.27. The lowest BCUT2D eigenvalue weighted by atomic mass is 10.3. The first-order valence-electron chi connectivity index (χ1n) is 4.88. The first-order valence-corrected chi connectivity index (χ1v) is 7.15. The summed E-state index contributed by atoms with van der Waals surface area (Å²) in [6.45, 7) is 0. The van der Waals surface area contributed by atoms with Crippen LogP contribution in [0.5, 0.6) is 5.75 Å². The van der Waals surface area contributed by atoms with Gasteiger partial charge in [-0.3, -0.25) is 4.72 Å². The normalized spacial score (nSPS) is 11.5. The Morgan fingerprint density at radius 1 is 1.47 bits per heavy atom. The van der Waals surface area contributed by atoms with Gasteiger partial charge >= 0.3 is 0 Å². The minimum atomic E-state index is -4.01. The molecule has 10 heteroatoms. The molecule has 7 nitrogen and oxygen atoms in total. The summed E-state index contributed by atoms with van der Waals surface area (Å²) in [5.41, 5.74) is -0.144. The Morgan fingerprint density at radius 2 is 2.16 bits per heavy atom. The topological polar surface area (TPSA) is 97.1 Å². The van der Waals surface area contributed by atoms with Gasteiger partial charge in [-0.1, -0.05) is 5.21 Å². The SMILES string of the molecule is Cn1nnc(Br)c1S(=O)(=O)Nc1ccc(F)cc1O. The van der Waals surface area contributed by atoms with Gasteiger partial charge in [-0.05, 0) is 28.1 Å². The van der Waals surface area contributed by atoms with Gasteiger partial charge in [0.1, 0.15) is 11.6 Å². The molecule has 2 aromatic rings. The number of nitrogens with one attached hydrogen (secondary N) is 1. The van der Waals surface area contributed by atoms with E-state index in [4.69, 9.17) is 0 Å². The predicted octanol–water partition coefficient (Wildman–Crippen LogP) is 1.22. The molecule has 0 unspecified atom stereocenters. The third kappa shape index (κ3) is 2.68. The summed E-state index contributed by atoms with van der Waals surface area (Å²) in [7, 11) is -2.61. The maximum Gasteiger partial charge on any atom is 0.282 e. The number of halogens is 2. The van der Waals surface area contributed by atoms with Gasteiger partial charge in [0, 0.05) is 13.1 Å². The van der Waals surface area contributed by atoms with Crippen molar-refractivity contribution in [1.82, 2.24) is 15.0 Å². The Labute approximate surface area is 116 Å². The molecule has 0 aliphatic heterocycles. The van der Waals surface area contributed by atoms with E-state index >= 15 is 0 Å². The van der Waals surface area contributed by atoms with Crippen molar-refractivity contribution < 1.29 is 17.9 Å². The average Bonchev–Trinajstić information content (AvgIpc) is 2.63. The van der Waals surface area contributed by atoms with Gasteiger partial charge in [0.25, 0.3) is 10.0 Å². The summed E-state index contributed by atoms with van der Waals surface area (Å²) in [6.07, 6.45) is 0. The van der Waals surface area contributed by atoms with Gasteiger partial charge in [-0.25, -0.2) is 9.07 Å². The standard InChI is InChI=1S/C9H8BrFN4O3S/c1-15-9(8(10)12-14-15)19(17,18)13-6-3-2-5(11)4-7(6)16/h2-4,13,16H,1H3. The van der Waals surface area contributed by atoms with Gasteiger partial charge in [-0.15, -0.1) is 5.10 Å². The van der Waals surface area contributed by atoms with Crippen LogP contribution in [0.1, 0.15) is 0 Å². The van der Waals surface area contributed by atoms with Gasteiger partial charge < -0.3 is 5.11 Å². The number of phenolic OH excluding ortho intramolecular Hbond substituents is 1. The van der Waals surface area contributed by atoms with Crippen LogP contribution in [0, 0.1) is 5.82 Å². The molecule has 102 valence electrons. The van der Waals surface area contributed by atoms with Crippen LogP contribution in [0.2, 0.25) is 0 Å². The van der Waals surface area contributed by atoms with Crippen LogP contribution in [-0.4, -0.2) is 28.5 Å². The largest absolute Gasteiger partial charge is 0.506 e. The summed E-state index contributed by atoms with van der Waals surface area (Å²) in [6, 6.07) is 2.93. The molecule has 19 heavy (non-hydrogen) atoms. The number of anilines is 1. The highest BCUT2D eigenvalue weighted by atomic mass is 79.9. The fraction of sp³-hybridized carbons (Fsp3) is 0.111. The van der Waals surface area contributed by atoms with E-state index in [1.54, 1.807) is 0 Å². The number of phenols is 1.